The van der Waals surface area contributed by atoms with E-state index in [2.05, 4.69) is 4.98 Å². The van der Waals surface area contributed by atoms with Crippen molar-refractivity contribution in [3.8, 4) is 11.3 Å². The molecule has 0 aliphatic carbocycles. The summed E-state index contributed by atoms with van der Waals surface area (Å²) in [6.07, 6.45) is 1.84. The maximum absolute atomic E-state index is 13.3. The average Bonchev–Trinajstić information content (AvgIpc) is 3.40. The number of anilines is 1. The molecule has 0 radical (unpaired) electrons. The molecule has 0 unspecified atom stereocenters. The molecule has 5 rings (SSSR count). The van der Waals surface area contributed by atoms with E-state index < -0.39 is 0 Å². The first-order valence-electron chi connectivity index (χ1n) is 9.82. The van der Waals surface area contributed by atoms with Gasteiger partial charge in [0.15, 0.2) is 5.17 Å². The van der Waals surface area contributed by atoms with E-state index in [1.807, 2.05) is 96.4 Å². The fourth-order valence-electron chi connectivity index (χ4n) is 3.24. The third kappa shape index (κ3) is 4.39. The summed E-state index contributed by atoms with van der Waals surface area (Å²) in [4.78, 5) is 24.9. The van der Waals surface area contributed by atoms with Crippen LogP contribution in [0.1, 0.15) is 5.56 Å². The summed E-state index contributed by atoms with van der Waals surface area (Å²) in [5, 5.41) is 3.78. The average molecular weight is 474 g/mol. The number of halogens is 1. The molecule has 7 heteroatoms. The molecule has 0 spiro atoms. The number of amidine groups is 1. The topological polar surface area (TPSA) is 45.6 Å². The Balaban J connectivity index is 1.53. The summed E-state index contributed by atoms with van der Waals surface area (Å²) in [6.45, 7) is 0. The van der Waals surface area contributed by atoms with Crippen LogP contribution < -0.4 is 4.90 Å². The maximum Gasteiger partial charge on any atom is 0.271 e. The normalized spacial score (nSPS) is 16.3. The molecular formula is C25H16ClN3OS2. The monoisotopic (exact) mass is 473 g/mol. The summed E-state index contributed by atoms with van der Waals surface area (Å²) in [6, 6.07) is 26.9. The van der Waals surface area contributed by atoms with Crippen molar-refractivity contribution in [2.75, 3.05) is 4.90 Å². The molecule has 1 aliphatic heterocycles. The number of thiazole rings is 1. The summed E-state index contributed by atoms with van der Waals surface area (Å²) < 4.78 is 0. The van der Waals surface area contributed by atoms with Crippen LogP contribution in [-0.2, 0) is 4.79 Å². The van der Waals surface area contributed by atoms with Gasteiger partial charge in [-0.05, 0) is 47.7 Å². The first-order chi connectivity index (χ1) is 15.7. The SMILES string of the molecule is O=C1/C(=C/c2cccc(Cl)c2)S/C(=N/c2nc(-c3ccccc3)cs2)N1c1ccccc1. The zero-order valence-electron chi connectivity index (χ0n) is 16.7. The molecule has 0 saturated carbocycles. The van der Waals surface area contributed by atoms with Gasteiger partial charge >= 0.3 is 0 Å². The summed E-state index contributed by atoms with van der Waals surface area (Å²) in [5.41, 5.74) is 3.53. The second-order valence-corrected chi connectivity index (χ2v) is 9.20. The lowest BCUT2D eigenvalue weighted by Crippen LogP contribution is -2.28. The van der Waals surface area contributed by atoms with Crippen molar-refractivity contribution in [1.29, 1.82) is 0 Å². The van der Waals surface area contributed by atoms with Crippen LogP contribution in [0.5, 0.6) is 0 Å². The number of hydrogen-bond donors (Lipinski definition) is 0. The lowest BCUT2D eigenvalue weighted by atomic mass is 10.2. The van der Waals surface area contributed by atoms with Crippen LogP contribution >= 0.6 is 34.7 Å². The smallest absolute Gasteiger partial charge is 0.268 e. The summed E-state index contributed by atoms with van der Waals surface area (Å²) in [5.74, 6) is -0.125. The van der Waals surface area contributed by atoms with Gasteiger partial charge < -0.3 is 0 Å². The second kappa shape index (κ2) is 9.12. The molecule has 1 saturated heterocycles. The van der Waals surface area contributed by atoms with Gasteiger partial charge in [-0.25, -0.2) is 4.98 Å². The highest BCUT2D eigenvalue weighted by atomic mass is 35.5. The standard InChI is InChI=1S/C25H16ClN3OS2/c26-19-11-7-8-17(14-19)15-22-23(30)29(20-12-5-2-6-13-20)25(32-22)28-24-27-21(16-31-24)18-9-3-1-4-10-18/h1-16H/b22-15-,28-25+. The van der Waals surface area contributed by atoms with Gasteiger partial charge in [-0.3, -0.25) is 9.69 Å². The van der Waals surface area contributed by atoms with Crippen LogP contribution in [0.2, 0.25) is 5.02 Å². The van der Waals surface area contributed by atoms with Crippen molar-refractivity contribution in [2.24, 2.45) is 4.99 Å². The van der Waals surface area contributed by atoms with Gasteiger partial charge in [0.25, 0.3) is 5.91 Å². The molecule has 156 valence electrons. The quantitative estimate of drug-likeness (QED) is 0.293. The molecule has 2 heterocycles. The number of para-hydroxylation sites is 1. The number of carbonyl (C=O) groups excluding carboxylic acids is 1. The van der Waals surface area contributed by atoms with Crippen molar-refractivity contribution in [1.82, 2.24) is 4.98 Å². The Morgan fingerprint density at radius 3 is 2.44 bits per heavy atom. The van der Waals surface area contributed by atoms with Gasteiger partial charge in [0.2, 0.25) is 5.13 Å². The first-order valence-corrected chi connectivity index (χ1v) is 11.9. The first kappa shape index (κ1) is 20.7. The van der Waals surface area contributed by atoms with E-state index in [0.717, 1.165) is 22.5 Å². The Morgan fingerprint density at radius 2 is 1.69 bits per heavy atom. The van der Waals surface area contributed by atoms with E-state index in [-0.39, 0.29) is 5.91 Å². The minimum absolute atomic E-state index is 0.125. The van der Waals surface area contributed by atoms with E-state index in [9.17, 15) is 4.79 Å². The van der Waals surface area contributed by atoms with Gasteiger partial charge in [-0.15, -0.1) is 11.3 Å². The van der Waals surface area contributed by atoms with Crippen molar-refractivity contribution in [2.45, 2.75) is 0 Å². The molecule has 1 amide bonds. The largest absolute Gasteiger partial charge is 0.271 e. The number of aromatic nitrogens is 1. The molecule has 1 aliphatic rings. The van der Waals surface area contributed by atoms with Crippen molar-refractivity contribution in [3.05, 3.63) is 106 Å². The molecule has 4 aromatic rings. The number of hydrogen-bond acceptors (Lipinski definition) is 5. The molecule has 32 heavy (non-hydrogen) atoms. The zero-order chi connectivity index (χ0) is 21.9. The fraction of sp³-hybridized carbons (Fsp3) is 0. The van der Waals surface area contributed by atoms with E-state index >= 15 is 0 Å². The predicted octanol–water partition coefficient (Wildman–Crippen LogP) is 7.27. The molecule has 1 aromatic heterocycles. The highest BCUT2D eigenvalue weighted by molar-refractivity contribution is 8.19. The summed E-state index contributed by atoms with van der Waals surface area (Å²) >= 11 is 8.90. The van der Waals surface area contributed by atoms with Crippen LogP contribution in [0.25, 0.3) is 17.3 Å². The van der Waals surface area contributed by atoms with Crippen LogP contribution in [0.4, 0.5) is 10.8 Å². The van der Waals surface area contributed by atoms with Crippen molar-refractivity contribution >= 4 is 62.7 Å². The molecular weight excluding hydrogens is 458 g/mol. The van der Waals surface area contributed by atoms with Gasteiger partial charge in [0.05, 0.1) is 16.3 Å². The summed E-state index contributed by atoms with van der Waals surface area (Å²) in [7, 11) is 0. The molecule has 4 nitrogen and oxygen atoms in total. The van der Waals surface area contributed by atoms with Gasteiger partial charge in [0, 0.05) is 16.0 Å². The van der Waals surface area contributed by atoms with E-state index in [1.54, 1.807) is 4.90 Å². The number of rotatable bonds is 4. The minimum Gasteiger partial charge on any atom is -0.268 e. The van der Waals surface area contributed by atoms with E-state index in [0.29, 0.717) is 20.2 Å². The lowest BCUT2D eigenvalue weighted by molar-refractivity contribution is -0.113. The van der Waals surface area contributed by atoms with Crippen molar-refractivity contribution < 1.29 is 4.79 Å². The second-order valence-electron chi connectivity index (χ2n) is 6.92. The fourth-order valence-corrected chi connectivity index (χ4v) is 5.17. The van der Waals surface area contributed by atoms with Crippen LogP contribution in [0.3, 0.4) is 0 Å². The Kier molecular flexibility index (Phi) is 5.90. The predicted molar refractivity (Wildman–Crippen MR) is 136 cm³/mol. The van der Waals surface area contributed by atoms with Gasteiger partial charge in [0.1, 0.15) is 0 Å². The number of aliphatic imine (C=N–C) groups is 1. The lowest BCUT2D eigenvalue weighted by Gasteiger charge is -2.14. The zero-order valence-corrected chi connectivity index (χ0v) is 19.1. The number of nitrogens with zero attached hydrogens (tertiary/aromatic N) is 3. The van der Waals surface area contributed by atoms with E-state index in [1.165, 1.54) is 23.1 Å². The molecule has 0 bridgehead atoms. The Hall–Kier alpha value is -3.19. The molecule has 0 N–H and O–H groups in total. The molecule has 0 atom stereocenters. The number of thioether (sulfide) groups is 1. The van der Waals surface area contributed by atoms with Crippen molar-refractivity contribution in [3.63, 3.8) is 0 Å². The third-order valence-corrected chi connectivity index (χ3v) is 6.66. The molecule has 3 aromatic carbocycles. The number of amides is 1. The van der Waals surface area contributed by atoms with Crippen LogP contribution in [0, 0.1) is 0 Å². The van der Waals surface area contributed by atoms with Gasteiger partial charge in [-0.1, -0.05) is 72.3 Å². The van der Waals surface area contributed by atoms with Gasteiger partial charge in [-0.2, -0.15) is 4.99 Å². The Morgan fingerprint density at radius 1 is 0.938 bits per heavy atom. The highest BCUT2D eigenvalue weighted by Gasteiger charge is 2.35. The number of benzene rings is 3. The Bertz CT molecular complexity index is 1330. The number of carbonyl (C=O) groups is 1. The third-order valence-electron chi connectivity index (χ3n) is 4.72. The van der Waals surface area contributed by atoms with E-state index in [4.69, 9.17) is 16.6 Å². The maximum atomic E-state index is 13.3. The van der Waals surface area contributed by atoms with Crippen LogP contribution in [0.15, 0.2) is 100 Å². The van der Waals surface area contributed by atoms with Crippen LogP contribution in [-0.4, -0.2) is 16.1 Å². The highest BCUT2D eigenvalue weighted by Crippen LogP contribution is 2.38. The molecule has 1 fully saturated rings. The Labute approximate surface area is 198 Å². The minimum atomic E-state index is -0.125.